The maximum absolute atomic E-state index is 12.5. The van der Waals surface area contributed by atoms with E-state index >= 15 is 0 Å². The van der Waals surface area contributed by atoms with Gasteiger partial charge < -0.3 is 5.32 Å². The van der Waals surface area contributed by atoms with Crippen LogP contribution in [0.15, 0.2) is 36.8 Å². The largest absolute Gasteiger partial charge is 0.304 e. The van der Waals surface area contributed by atoms with Crippen molar-refractivity contribution in [3.63, 3.8) is 0 Å². The lowest BCUT2D eigenvalue weighted by Gasteiger charge is -2.30. The zero-order valence-corrected chi connectivity index (χ0v) is 14.3. The molecule has 1 aliphatic heterocycles. The average Bonchev–Trinajstić information content (AvgIpc) is 3.34. The van der Waals surface area contributed by atoms with Crippen molar-refractivity contribution in [3.05, 3.63) is 48.2 Å². The molecule has 0 unspecified atom stereocenters. The van der Waals surface area contributed by atoms with Gasteiger partial charge in [0.15, 0.2) is 5.82 Å². The van der Waals surface area contributed by atoms with Crippen molar-refractivity contribution in [2.45, 2.75) is 50.6 Å². The highest BCUT2D eigenvalue weighted by Crippen LogP contribution is 2.37. The van der Waals surface area contributed by atoms with E-state index in [0.717, 1.165) is 18.7 Å². The van der Waals surface area contributed by atoms with Crippen LogP contribution in [0.5, 0.6) is 0 Å². The first-order valence-electron chi connectivity index (χ1n) is 9.11. The van der Waals surface area contributed by atoms with Crippen LogP contribution in [-0.4, -0.2) is 38.3 Å². The Morgan fingerprint density at radius 2 is 2.00 bits per heavy atom. The smallest absolute Gasteiger partial charge is 0.275 e. The summed E-state index contributed by atoms with van der Waals surface area (Å²) in [6.45, 7) is 1.15. The van der Waals surface area contributed by atoms with Gasteiger partial charge in [0, 0.05) is 18.4 Å². The highest BCUT2D eigenvalue weighted by Gasteiger charge is 2.34. The van der Waals surface area contributed by atoms with Crippen molar-refractivity contribution < 1.29 is 4.79 Å². The Kier molecular flexibility index (Phi) is 4.70. The molecule has 2 aliphatic rings. The number of aromatic nitrogens is 3. The SMILES string of the molecule is O=C(Nc1cnccn1)c1cccc([C@@H]2CCCN2C2CCCC2)n1. The van der Waals surface area contributed by atoms with Crippen LogP contribution in [0.1, 0.15) is 60.7 Å². The standard InChI is InChI=1S/C19H23N5O/c25-19(23-18-13-20-10-11-21-18)16-8-3-7-15(22-16)17-9-4-12-24(17)14-5-1-2-6-14/h3,7-8,10-11,13-14,17H,1-2,4-6,9,12H2,(H,21,23,25)/t17-/m0/s1. The first-order chi connectivity index (χ1) is 12.3. The van der Waals surface area contributed by atoms with E-state index in [4.69, 9.17) is 0 Å². The van der Waals surface area contributed by atoms with Gasteiger partial charge in [-0.25, -0.2) is 9.97 Å². The van der Waals surface area contributed by atoms with Crippen LogP contribution in [0.2, 0.25) is 0 Å². The number of hydrogen-bond donors (Lipinski definition) is 1. The minimum atomic E-state index is -0.243. The van der Waals surface area contributed by atoms with E-state index in [1.54, 1.807) is 18.5 Å². The van der Waals surface area contributed by atoms with Gasteiger partial charge in [-0.15, -0.1) is 0 Å². The number of amides is 1. The van der Waals surface area contributed by atoms with Crippen LogP contribution in [0, 0.1) is 0 Å². The van der Waals surface area contributed by atoms with Gasteiger partial charge >= 0.3 is 0 Å². The predicted octanol–water partition coefficient (Wildman–Crippen LogP) is 3.20. The molecule has 1 saturated heterocycles. The van der Waals surface area contributed by atoms with Gasteiger partial charge in [0.25, 0.3) is 5.91 Å². The van der Waals surface area contributed by atoms with Crippen molar-refractivity contribution in [1.82, 2.24) is 19.9 Å². The zero-order chi connectivity index (χ0) is 17.1. The predicted molar refractivity (Wildman–Crippen MR) is 95.2 cm³/mol. The molecule has 1 aliphatic carbocycles. The molecule has 1 N–H and O–H groups in total. The van der Waals surface area contributed by atoms with Crippen LogP contribution in [0.4, 0.5) is 5.82 Å². The zero-order valence-electron chi connectivity index (χ0n) is 14.3. The molecule has 1 atom stereocenters. The molecule has 2 aromatic heterocycles. The second-order valence-corrected chi connectivity index (χ2v) is 6.83. The van der Waals surface area contributed by atoms with Crippen LogP contribution in [0.25, 0.3) is 0 Å². The van der Waals surface area contributed by atoms with Gasteiger partial charge in [-0.2, -0.15) is 0 Å². The number of anilines is 1. The maximum atomic E-state index is 12.5. The molecule has 3 heterocycles. The minimum absolute atomic E-state index is 0.243. The summed E-state index contributed by atoms with van der Waals surface area (Å²) in [4.78, 5) is 27.8. The Morgan fingerprint density at radius 1 is 1.12 bits per heavy atom. The summed E-state index contributed by atoms with van der Waals surface area (Å²) in [5, 5.41) is 2.75. The molecule has 25 heavy (non-hydrogen) atoms. The molecule has 2 fully saturated rings. The summed E-state index contributed by atoms with van der Waals surface area (Å²) in [5.41, 5.74) is 1.44. The molecule has 6 nitrogen and oxygen atoms in total. The average molecular weight is 337 g/mol. The lowest BCUT2D eigenvalue weighted by atomic mass is 10.1. The lowest BCUT2D eigenvalue weighted by Crippen LogP contribution is -2.33. The molecule has 0 bridgehead atoms. The van der Waals surface area contributed by atoms with Crippen molar-refractivity contribution in [1.29, 1.82) is 0 Å². The van der Waals surface area contributed by atoms with Gasteiger partial charge in [-0.1, -0.05) is 18.9 Å². The molecule has 0 spiro atoms. The first kappa shape index (κ1) is 16.1. The number of rotatable bonds is 4. The summed E-state index contributed by atoms with van der Waals surface area (Å²) in [5.74, 6) is 0.195. The maximum Gasteiger partial charge on any atom is 0.275 e. The number of carbonyl (C=O) groups excluding carboxylic acids is 1. The number of likely N-dealkylation sites (tertiary alicyclic amines) is 1. The van der Waals surface area contributed by atoms with Crippen molar-refractivity contribution in [3.8, 4) is 0 Å². The van der Waals surface area contributed by atoms with E-state index in [0.29, 0.717) is 23.6 Å². The van der Waals surface area contributed by atoms with Gasteiger partial charge in [0.05, 0.1) is 17.9 Å². The fourth-order valence-corrected chi connectivity index (χ4v) is 4.09. The number of nitrogens with zero attached hydrogens (tertiary/aromatic N) is 4. The lowest BCUT2D eigenvalue weighted by molar-refractivity contribution is 0.102. The third-order valence-electron chi connectivity index (χ3n) is 5.24. The molecule has 1 saturated carbocycles. The van der Waals surface area contributed by atoms with Gasteiger partial charge in [0.2, 0.25) is 0 Å². The Hall–Kier alpha value is -2.34. The van der Waals surface area contributed by atoms with E-state index in [-0.39, 0.29) is 5.91 Å². The minimum Gasteiger partial charge on any atom is -0.304 e. The Morgan fingerprint density at radius 3 is 2.80 bits per heavy atom. The van der Waals surface area contributed by atoms with Crippen LogP contribution >= 0.6 is 0 Å². The Balaban J connectivity index is 1.51. The summed E-state index contributed by atoms with van der Waals surface area (Å²) >= 11 is 0. The summed E-state index contributed by atoms with van der Waals surface area (Å²) < 4.78 is 0. The quantitative estimate of drug-likeness (QED) is 0.927. The van der Waals surface area contributed by atoms with Crippen LogP contribution in [0.3, 0.4) is 0 Å². The number of nitrogens with one attached hydrogen (secondary N) is 1. The molecule has 0 aromatic carbocycles. The Labute approximate surface area is 147 Å². The first-order valence-corrected chi connectivity index (χ1v) is 9.11. The van der Waals surface area contributed by atoms with Gasteiger partial charge in [0.1, 0.15) is 5.69 Å². The third kappa shape index (κ3) is 3.54. The fraction of sp³-hybridized carbons (Fsp3) is 0.474. The molecule has 0 radical (unpaired) electrons. The van der Waals surface area contributed by atoms with Crippen molar-refractivity contribution in [2.75, 3.05) is 11.9 Å². The molecule has 4 rings (SSSR count). The summed E-state index contributed by atoms with van der Waals surface area (Å²) in [7, 11) is 0. The van der Waals surface area contributed by atoms with E-state index in [2.05, 4.69) is 31.2 Å². The van der Waals surface area contributed by atoms with Gasteiger partial charge in [-0.05, 0) is 44.4 Å². The monoisotopic (exact) mass is 337 g/mol. The second kappa shape index (κ2) is 7.27. The van der Waals surface area contributed by atoms with E-state index in [1.165, 1.54) is 38.3 Å². The summed E-state index contributed by atoms with van der Waals surface area (Å²) in [6.07, 6.45) is 12.2. The van der Waals surface area contributed by atoms with E-state index in [1.807, 2.05) is 6.07 Å². The van der Waals surface area contributed by atoms with Crippen LogP contribution in [-0.2, 0) is 0 Å². The second-order valence-electron chi connectivity index (χ2n) is 6.83. The Bertz CT molecular complexity index is 730. The topological polar surface area (TPSA) is 71.0 Å². The highest BCUT2D eigenvalue weighted by molar-refractivity contribution is 6.02. The summed E-state index contributed by atoms with van der Waals surface area (Å²) in [6, 6.07) is 6.76. The molecule has 6 heteroatoms. The van der Waals surface area contributed by atoms with Gasteiger partial charge in [-0.3, -0.25) is 14.7 Å². The molecular weight excluding hydrogens is 314 g/mol. The van der Waals surface area contributed by atoms with Crippen LogP contribution < -0.4 is 5.32 Å². The molecule has 130 valence electrons. The van der Waals surface area contributed by atoms with E-state index < -0.39 is 0 Å². The molecule has 2 aromatic rings. The third-order valence-corrected chi connectivity index (χ3v) is 5.24. The number of hydrogen-bond acceptors (Lipinski definition) is 5. The number of carbonyl (C=O) groups is 1. The highest BCUT2D eigenvalue weighted by atomic mass is 16.1. The van der Waals surface area contributed by atoms with Crippen molar-refractivity contribution in [2.24, 2.45) is 0 Å². The van der Waals surface area contributed by atoms with Crippen molar-refractivity contribution >= 4 is 11.7 Å². The molecule has 1 amide bonds. The normalized spacial score (nSPS) is 21.5. The van der Waals surface area contributed by atoms with E-state index in [9.17, 15) is 4.79 Å². The molecular formula is C19H23N5O. The number of pyridine rings is 1. The fourth-order valence-electron chi connectivity index (χ4n) is 4.09.